The highest BCUT2D eigenvalue weighted by molar-refractivity contribution is 6.66. The molecular weight excluding hydrogens is 198 g/mol. The van der Waals surface area contributed by atoms with Crippen LogP contribution in [0.2, 0.25) is 12.6 Å². The minimum absolute atomic E-state index is 0.571. The Morgan fingerprint density at radius 3 is 2.07 bits per heavy atom. The number of nitrogens with two attached hydrogens (primary N) is 1. The van der Waals surface area contributed by atoms with Crippen molar-refractivity contribution in [1.29, 1.82) is 0 Å². The first-order valence-electron chi connectivity index (χ1n) is 5.24. The maximum Gasteiger partial charge on any atom is 0.337 e. The average molecular weight is 221 g/mol. The van der Waals surface area contributed by atoms with Gasteiger partial charge in [-0.2, -0.15) is 0 Å². The van der Waals surface area contributed by atoms with Crippen LogP contribution in [0.25, 0.3) is 0 Å². The van der Waals surface area contributed by atoms with Crippen molar-refractivity contribution in [3.8, 4) is 0 Å². The molecule has 0 aromatic rings. The molecule has 14 heavy (non-hydrogen) atoms. The molecule has 0 saturated carbocycles. The normalized spacial score (nSPS) is 12.0. The van der Waals surface area contributed by atoms with Gasteiger partial charge in [0.15, 0.2) is 0 Å². The fourth-order valence-electron chi connectivity index (χ4n) is 1.24. The molecule has 0 unspecified atom stereocenters. The molecular formula is C9H23NO3Si. The van der Waals surface area contributed by atoms with Gasteiger partial charge in [-0.05, 0) is 20.4 Å². The van der Waals surface area contributed by atoms with E-state index in [1.165, 1.54) is 0 Å². The molecule has 0 aromatic carbocycles. The molecule has 0 fully saturated rings. The van der Waals surface area contributed by atoms with Gasteiger partial charge in [-0.25, -0.2) is 0 Å². The number of hydrogen-bond acceptors (Lipinski definition) is 4. The van der Waals surface area contributed by atoms with E-state index in [0.29, 0.717) is 33.0 Å². The smallest absolute Gasteiger partial charge is 0.337 e. The van der Waals surface area contributed by atoms with Gasteiger partial charge in [0.1, 0.15) is 0 Å². The van der Waals surface area contributed by atoms with Gasteiger partial charge in [0.25, 0.3) is 0 Å². The first-order chi connectivity index (χ1) is 6.68. The van der Waals surface area contributed by atoms with Crippen molar-refractivity contribution in [2.24, 2.45) is 5.73 Å². The number of rotatable bonds is 9. The van der Waals surface area contributed by atoms with Crippen molar-refractivity contribution >= 4 is 8.56 Å². The summed E-state index contributed by atoms with van der Waals surface area (Å²) in [4.78, 5) is 0. The van der Waals surface area contributed by atoms with E-state index in [1.54, 1.807) is 0 Å². The molecule has 0 aliphatic carbocycles. The predicted molar refractivity (Wildman–Crippen MR) is 59.6 cm³/mol. The summed E-state index contributed by atoms with van der Waals surface area (Å²) in [6.07, 6.45) is 0. The van der Waals surface area contributed by atoms with Crippen LogP contribution >= 0.6 is 0 Å². The maximum absolute atomic E-state index is 5.66. The molecule has 0 aliphatic heterocycles. The molecule has 0 aliphatic rings. The fourth-order valence-corrected chi connectivity index (χ4v) is 3.35. The Kier molecular flexibility index (Phi) is 8.41. The van der Waals surface area contributed by atoms with Gasteiger partial charge < -0.3 is 19.3 Å². The van der Waals surface area contributed by atoms with E-state index in [0.717, 1.165) is 6.04 Å². The SMILES string of the molecule is CCO[Si](C)(CCOCCN)OCC. The molecule has 0 aromatic heterocycles. The summed E-state index contributed by atoms with van der Waals surface area (Å²) in [5.74, 6) is 0. The molecule has 2 N–H and O–H groups in total. The molecule has 0 heterocycles. The van der Waals surface area contributed by atoms with Gasteiger partial charge in [-0.15, -0.1) is 0 Å². The second-order valence-electron chi connectivity index (χ2n) is 3.15. The second-order valence-corrected chi connectivity index (χ2v) is 6.50. The fraction of sp³-hybridized carbons (Fsp3) is 1.00. The number of hydrogen-bond donors (Lipinski definition) is 1. The Bertz CT molecular complexity index is 129. The summed E-state index contributed by atoms with van der Waals surface area (Å²) in [6, 6.07) is 0.870. The number of ether oxygens (including phenoxy) is 1. The summed E-state index contributed by atoms with van der Waals surface area (Å²) in [5.41, 5.74) is 5.32. The third-order valence-corrected chi connectivity index (χ3v) is 4.77. The van der Waals surface area contributed by atoms with Gasteiger partial charge >= 0.3 is 8.56 Å². The summed E-state index contributed by atoms with van der Waals surface area (Å²) in [7, 11) is -1.97. The van der Waals surface area contributed by atoms with Crippen LogP contribution in [0.4, 0.5) is 0 Å². The molecule has 0 spiro atoms. The Hall–Kier alpha value is 0.0569. The van der Waals surface area contributed by atoms with Crippen LogP contribution in [0, 0.1) is 0 Å². The van der Waals surface area contributed by atoms with Gasteiger partial charge in [0.05, 0.1) is 6.61 Å². The first kappa shape index (κ1) is 14.1. The Morgan fingerprint density at radius 1 is 1.07 bits per heavy atom. The van der Waals surface area contributed by atoms with E-state index < -0.39 is 8.56 Å². The van der Waals surface area contributed by atoms with Crippen molar-refractivity contribution < 1.29 is 13.6 Å². The monoisotopic (exact) mass is 221 g/mol. The van der Waals surface area contributed by atoms with E-state index in [-0.39, 0.29) is 0 Å². The van der Waals surface area contributed by atoms with Gasteiger partial charge in [-0.1, -0.05) is 0 Å². The van der Waals surface area contributed by atoms with E-state index in [4.69, 9.17) is 19.3 Å². The van der Waals surface area contributed by atoms with Crippen LogP contribution in [0.1, 0.15) is 13.8 Å². The maximum atomic E-state index is 5.66. The molecule has 0 radical (unpaired) electrons. The topological polar surface area (TPSA) is 53.7 Å². The summed E-state index contributed by atoms with van der Waals surface area (Å²) in [6.45, 7) is 9.34. The van der Waals surface area contributed by atoms with Crippen LogP contribution in [-0.2, 0) is 13.6 Å². The lowest BCUT2D eigenvalue weighted by atomic mass is 10.7. The van der Waals surface area contributed by atoms with Crippen molar-refractivity contribution in [3.05, 3.63) is 0 Å². The van der Waals surface area contributed by atoms with E-state index in [2.05, 4.69) is 6.55 Å². The molecule has 0 bridgehead atoms. The van der Waals surface area contributed by atoms with E-state index in [1.807, 2.05) is 13.8 Å². The van der Waals surface area contributed by atoms with Crippen LogP contribution < -0.4 is 5.73 Å². The lowest BCUT2D eigenvalue weighted by molar-refractivity contribution is 0.133. The zero-order valence-electron chi connectivity index (χ0n) is 9.54. The average Bonchev–Trinajstić information content (AvgIpc) is 2.13. The molecule has 5 heteroatoms. The Labute approximate surface area is 88.0 Å². The highest BCUT2D eigenvalue weighted by Crippen LogP contribution is 2.13. The summed E-state index contributed by atoms with van der Waals surface area (Å²) in [5, 5.41) is 0. The molecule has 4 nitrogen and oxygen atoms in total. The standard InChI is InChI=1S/C9H23NO3Si/c1-4-12-14(3,13-5-2)9-8-11-7-6-10/h4-10H2,1-3H3. The van der Waals surface area contributed by atoms with Crippen molar-refractivity contribution in [1.82, 2.24) is 0 Å². The Balaban J connectivity index is 3.71. The zero-order chi connectivity index (χ0) is 10.9. The van der Waals surface area contributed by atoms with Crippen LogP contribution in [0.3, 0.4) is 0 Å². The largest absolute Gasteiger partial charge is 0.395 e. The van der Waals surface area contributed by atoms with Crippen molar-refractivity contribution in [3.63, 3.8) is 0 Å². The molecule has 0 saturated heterocycles. The third kappa shape index (κ3) is 6.50. The van der Waals surface area contributed by atoms with Gasteiger partial charge in [-0.3, -0.25) is 0 Å². The highest BCUT2D eigenvalue weighted by Gasteiger charge is 2.30. The molecule has 0 rings (SSSR count). The van der Waals surface area contributed by atoms with Crippen LogP contribution in [-0.4, -0.2) is 41.5 Å². The second kappa shape index (κ2) is 8.37. The minimum atomic E-state index is -1.97. The Morgan fingerprint density at radius 2 is 1.64 bits per heavy atom. The van der Waals surface area contributed by atoms with Gasteiger partial charge in [0.2, 0.25) is 0 Å². The van der Waals surface area contributed by atoms with Gasteiger partial charge in [0, 0.05) is 32.4 Å². The highest BCUT2D eigenvalue weighted by atomic mass is 28.4. The predicted octanol–water partition coefficient (Wildman–Crippen LogP) is 1.11. The van der Waals surface area contributed by atoms with E-state index in [9.17, 15) is 0 Å². The third-order valence-electron chi connectivity index (χ3n) is 1.86. The van der Waals surface area contributed by atoms with Crippen molar-refractivity contribution in [2.45, 2.75) is 26.4 Å². The molecule has 0 amide bonds. The lowest BCUT2D eigenvalue weighted by Gasteiger charge is -2.25. The first-order valence-corrected chi connectivity index (χ1v) is 7.76. The molecule has 86 valence electrons. The zero-order valence-corrected chi connectivity index (χ0v) is 10.5. The minimum Gasteiger partial charge on any atom is -0.395 e. The van der Waals surface area contributed by atoms with Crippen molar-refractivity contribution in [2.75, 3.05) is 33.0 Å². The summed E-state index contributed by atoms with van der Waals surface area (Å²) < 4.78 is 16.6. The van der Waals surface area contributed by atoms with Crippen LogP contribution in [0.5, 0.6) is 0 Å². The summed E-state index contributed by atoms with van der Waals surface area (Å²) >= 11 is 0. The molecule has 0 atom stereocenters. The van der Waals surface area contributed by atoms with E-state index >= 15 is 0 Å². The quantitative estimate of drug-likeness (QED) is 0.468. The van der Waals surface area contributed by atoms with Crippen LogP contribution in [0.15, 0.2) is 0 Å². The lowest BCUT2D eigenvalue weighted by Crippen LogP contribution is -2.40.